The molecule has 7 nitrogen and oxygen atoms in total. The molecule has 3 rings (SSSR count). The summed E-state index contributed by atoms with van der Waals surface area (Å²) in [5.41, 5.74) is 3.71. The summed E-state index contributed by atoms with van der Waals surface area (Å²) in [5.74, 6) is -1.06. The highest BCUT2D eigenvalue weighted by atomic mass is 35.5. The third-order valence-electron chi connectivity index (χ3n) is 4.07. The van der Waals surface area contributed by atoms with Gasteiger partial charge >= 0.3 is 5.97 Å². The average Bonchev–Trinajstić information content (AvgIpc) is 2.79. The molecule has 0 saturated heterocycles. The van der Waals surface area contributed by atoms with Crippen molar-refractivity contribution in [2.24, 2.45) is 5.10 Å². The van der Waals surface area contributed by atoms with Crippen LogP contribution in [0.2, 0.25) is 10.0 Å². The van der Waals surface area contributed by atoms with Gasteiger partial charge in [0.15, 0.2) is 0 Å². The summed E-state index contributed by atoms with van der Waals surface area (Å²) < 4.78 is 5.29. The fraction of sp³-hybridized carbons (Fsp3) is 0.0435. The molecule has 0 heterocycles. The first-order valence-electron chi connectivity index (χ1n) is 9.34. The van der Waals surface area contributed by atoms with Crippen molar-refractivity contribution in [1.82, 2.24) is 10.7 Å². The van der Waals surface area contributed by atoms with Crippen LogP contribution in [0.15, 0.2) is 77.9 Å². The lowest BCUT2D eigenvalue weighted by molar-refractivity contribution is -0.120. The van der Waals surface area contributed by atoms with Crippen molar-refractivity contribution >= 4 is 47.2 Å². The summed E-state index contributed by atoms with van der Waals surface area (Å²) in [6.07, 6.45) is 1.42. The Morgan fingerprint density at radius 2 is 1.59 bits per heavy atom. The van der Waals surface area contributed by atoms with E-state index >= 15 is 0 Å². The Kier molecular flexibility index (Phi) is 7.96. The van der Waals surface area contributed by atoms with Crippen molar-refractivity contribution in [3.05, 3.63) is 99.5 Å². The van der Waals surface area contributed by atoms with Crippen LogP contribution in [0.1, 0.15) is 26.3 Å². The van der Waals surface area contributed by atoms with Gasteiger partial charge in [0.25, 0.3) is 11.8 Å². The van der Waals surface area contributed by atoms with Crippen LogP contribution in [0.25, 0.3) is 0 Å². The fourth-order valence-corrected chi connectivity index (χ4v) is 2.80. The first-order chi connectivity index (χ1) is 15.4. The molecule has 0 bridgehead atoms. The summed E-state index contributed by atoms with van der Waals surface area (Å²) in [5, 5.41) is 7.27. The predicted octanol–water partition coefficient (Wildman–Crippen LogP) is 4.09. The number of esters is 1. The predicted molar refractivity (Wildman–Crippen MR) is 122 cm³/mol. The molecular formula is C23H17Cl2N3O4. The Bertz CT molecular complexity index is 1150. The molecule has 3 aromatic carbocycles. The molecule has 9 heteroatoms. The molecule has 0 aromatic heterocycles. The molecule has 162 valence electrons. The highest BCUT2D eigenvalue weighted by Gasteiger charge is 2.09. The van der Waals surface area contributed by atoms with Crippen LogP contribution < -0.4 is 15.5 Å². The molecule has 0 radical (unpaired) electrons. The first-order valence-corrected chi connectivity index (χ1v) is 10.1. The smallest absolute Gasteiger partial charge is 0.343 e. The van der Waals surface area contributed by atoms with Crippen molar-refractivity contribution < 1.29 is 19.1 Å². The van der Waals surface area contributed by atoms with E-state index in [9.17, 15) is 14.4 Å². The van der Waals surface area contributed by atoms with E-state index in [-0.39, 0.29) is 6.54 Å². The third-order valence-corrected chi connectivity index (χ3v) is 4.56. The highest BCUT2D eigenvalue weighted by Crippen LogP contribution is 2.15. The van der Waals surface area contributed by atoms with Crippen LogP contribution in [0.3, 0.4) is 0 Å². The molecule has 3 aromatic rings. The van der Waals surface area contributed by atoms with Gasteiger partial charge in [-0.2, -0.15) is 5.10 Å². The molecule has 2 amide bonds. The molecule has 0 atom stereocenters. The lowest BCUT2D eigenvalue weighted by Crippen LogP contribution is -2.34. The molecule has 0 fully saturated rings. The van der Waals surface area contributed by atoms with E-state index in [1.807, 2.05) is 0 Å². The second kappa shape index (κ2) is 11.1. The zero-order valence-corrected chi connectivity index (χ0v) is 18.1. The molecular weight excluding hydrogens is 453 g/mol. The van der Waals surface area contributed by atoms with Gasteiger partial charge < -0.3 is 10.1 Å². The van der Waals surface area contributed by atoms with E-state index in [0.29, 0.717) is 32.5 Å². The molecule has 0 unspecified atom stereocenters. The fourth-order valence-electron chi connectivity index (χ4n) is 2.48. The van der Waals surface area contributed by atoms with Crippen LogP contribution in [0.5, 0.6) is 5.75 Å². The zero-order chi connectivity index (χ0) is 22.9. The van der Waals surface area contributed by atoms with Gasteiger partial charge in [-0.1, -0.05) is 29.3 Å². The minimum atomic E-state index is -0.504. The molecule has 0 spiro atoms. The number of nitrogens with one attached hydrogen (secondary N) is 2. The quantitative estimate of drug-likeness (QED) is 0.235. The maximum absolute atomic E-state index is 12.1. The van der Waals surface area contributed by atoms with Crippen LogP contribution in [0, 0.1) is 0 Å². The molecule has 0 aliphatic heterocycles. The maximum atomic E-state index is 12.1. The Morgan fingerprint density at radius 3 is 2.28 bits per heavy atom. The van der Waals surface area contributed by atoms with Crippen molar-refractivity contribution in [2.45, 2.75) is 0 Å². The monoisotopic (exact) mass is 469 g/mol. The summed E-state index contributed by atoms with van der Waals surface area (Å²) >= 11 is 11.6. The zero-order valence-electron chi connectivity index (χ0n) is 16.5. The lowest BCUT2D eigenvalue weighted by atomic mass is 10.2. The largest absolute Gasteiger partial charge is 0.423 e. The number of carbonyl (C=O) groups excluding carboxylic acids is 3. The number of hydrogen-bond acceptors (Lipinski definition) is 5. The Labute approximate surface area is 194 Å². The molecule has 0 saturated carbocycles. The Hall–Kier alpha value is -3.68. The average molecular weight is 470 g/mol. The Morgan fingerprint density at radius 1 is 0.875 bits per heavy atom. The van der Waals surface area contributed by atoms with Gasteiger partial charge in [0.05, 0.1) is 18.3 Å². The summed E-state index contributed by atoms with van der Waals surface area (Å²) in [4.78, 5) is 35.9. The van der Waals surface area contributed by atoms with Gasteiger partial charge in [0, 0.05) is 15.6 Å². The second-order valence-corrected chi connectivity index (χ2v) is 7.32. The van der Waals surface area contributed by atoms with Crippen LogP contribution in [0.4, 0.5) is 0 Å². The van der Waals surface area contributed by atoms with Crippen LogP contribution in [-0.2, 0) is 4.79 Å². The van der Waals surface area contributed by atoms with E-state index in [2.05, 4.69) is 15.8 Å². The molecule has 0 aliphatic rings. The third kappa shape index (κ3) is 6.94. The standard InChI is InChI=1S/C23H17Cl2N3O4/c24-18-8-6-16(7-9-18)23(31)32-20-10-4-15(5-11-20)13-27-28-21(29)14-26-22(30)17-2-1-3-19(25)12-17/h1-13H,14H2,(H,26,30)(H,28,29)/b27-13-. The van der Waals surface area contributed by atoms with Crippen LogP contribution in [-0.4, -0.2) is 30.5 Å². The lowest BCUT2D eigenvalue weighted by Gasteiger charge is -2.05. The minimum Gasteiger partial charge on any atom is -0.423 e. The van der Waals surface area contributed by atoms with Gasteiger partial charge in [-0.15, -0.1) is 0 Å². The van der Waals surface area contributed by atoms with Gasteiger partial charge in [0.1, 0.15) is 5.75 Å². The number of nitrogens with zero attached hydrogens (tertiary/aromatic N) is 1. The van der Waals surface area contributed by atoms with E-state index in [1.165, 1.54) is 12.3 Å². The summed E-state index contributed by atoms with van der Waals surface area (Å²) in [6, 6.07) is 19.3. The second-order valence-electron chi connectivity index (χ2n) is 6.45. The molecule has 32 heavy (non-hydrogen) atoms. The summed E-state index contributed by atoms with van der Waals surface area (Å²) in [6.45, 7) is -0.248. The summed E-state index contributed by atoms with van der Waals surface area (Å²) in [7, 11) is 0. The number of hydrogen-bond donors (Lipinski definition) is 2. The van der Waals surface area contributed by atoms with Gasteiger partial charge in [0.2, 0.25) is 0 Å². The number of carbonyl (C=O) groups is 3. The number of benzene rings is 3. The van der Waals surface area contributed by atoms with Gasteiger partial charge in [-0.05, 0) is 72.3 Å². The van der Waals surface area contributed by atoms with Crippen molar-refractivity contribution in [3.8, 4) is 5.75 Å². The first kappa shape index (κ1) is 23.0. The minimum absolute atomic E-state index is 0.248. The van der Waals surface area contributed by atoms with E-state index < -0.39 is 17.8 Å². The number of halogens is 2. The normalized spacial score (nSPS) is 10.6. The number of amides is 2. The van der Waals surface area contributed by atoms with Crippen LogP contribution >= 0.6 is 23.2 Å². The number of ether oxygens (including phenoxy) is 1. The van der Waals surface area contributed by atoms with Gasteiger partial charge in [-0.25, -0.2) is 10.2 Å². The van der Waals surface area contributed by atoms with Gasteiger partial charge in [-0.3, -0.25) is 9.59 Å². The number of rotatable bonds is 7. The Balaban J connectivity index is 1.45. The van der Waals surface area contributed by atoms with Crippen molar-refractivity contribution in [2.75, 3.05) is 6.54 Å². The van der Waals surface area contributed by atoms with E-state index in [1.54, 1.807) is 66.7 Å². The molecule has 2 N–H and O–H groups in total. The topological polar surface area (TPSA) is 96.9 Å². The molecule has 0 aliphatic carbocycles. The highest BCUT2D eigenvalue weighted by molar-refractivity contribution is 6.31. The van der Waals surface area contributed by atoms with E-state index in [4.69, 9.17) is 27.9 Å². The maximum Gasteiger partial charge on any atom is 0.343 e. The SMILES string of the molecule is O=C(CNC(=O)c1cccc(Cl)c1)N/N=C\c1ccc(OC(=O)c2ccc(Cl)cc2)cc1. The van der Waals surface area contributed by atoms with E-state index in [0.717, 1.165) is 0 Å². The van der Waals surface area contributed by atoms with Crippen molar-refractivity contribution in [3.63, 3.8) is 0 Å². The number of hydrazone groups is 1. The van der Waals surface area contributed by atoms with Crippen molar-refractivity contribution in [1.29, 1.82) is 0 Å².